The van der Waals surface area contributed by atoms with Gasteiger partial charge in [-0.15, -0.1) is 0 Å². The molecule has 0 saturated carbocycles. The predicted octanol–water partition coefficient (Wildman–Crippen LogP) is 1.52. The zero-order chi connectivity index (χ0) is 12.1. The summed E-state index contributed by atoms with van der Waals surface area (Å²) in [5.41, 5.74) is 1.34. The monoisotopic (exact) mass is 218 g/mol. The quantitative estimate of drug-likeness (QED) is 0.738. The third-order valence-electron chi connectivity index (χ3n) is 1.94. The van der Waals surface area contributed by atoms with E-state index in [4.69, 9.17) is 10.2 Å². The molecule has 2 N–H and O–H groups in total. The minimum Gasteiger partial charge on any atom is -0.481 e. The van der Waals surface area contributed by atoms with Crippen LogP contribution in [-0.2, 0) is 4.79 Å². The zero-order valence-corrected chi connectivity index (χ0v) is 8.65. The van der Waals surface area contributed by atoms with E-state index in [1.165, 1.54) is 6.07 Å². The van der Waals surface area contributed by atoms with Crippen molar-refractivity contribution in [3.8, 4) is 11.8 Å². The second-order valence-electron chi connectivity index (χ2n) is 3.21. The molecule has 4 nitrogen and oxygen atoms in total. The molecule has 0 bridgehead atoms. The number of carboxylic acids is 2. The summed E-state index contributed by atoms with van der Waals surface area (Å²) in [7, 11) is 0. The highest BCUT2D eigenvalue weighted by Gasteiger charge is 2.06. The van der Waals surface area contributed by atoms with Crippen LogP contribution < -0.4 is 0 Å². The van der Waals surface area contributed by atoms with Crippen molar-refractivity contribution < 1.29 is 19.8 Å². The molecule has 0 atom stereocenters. The molecule has 0 fully saturated rings. The molecule has 0 heterocycles. The Kier molecular flexibility index (Phi) is 3.67. The second-order valence-corrected chi connectivity index (χ2v) is 3.21. The summed E-state index contributed by atoms with van der Waals surface area (Å²) in [5.74, 6) is 3.03. The van der Waals surface area contributed by atoms with Crippen LogP contribution in [0.1, 0.15) is 27.9 Å². The van der Waals surface area contributed by atoms with E-state index in [1.807, 2.05) is 0 Å². The number of carbonyl (C=O) groups is 2. The Morgan fingerprint density at radius 2 is 2.00 bits per heavy atom. The molecular weight excluding hydrogens is 208 g/mol. The first-order valence-corrected chi connectivity index (χ1v) is 4.55. The van der Waals surface area contributed by atoms with Crippen molar-refractivity contribution in [2.75, 3.05) is 0 Å². The van der Waals surface area contributed by atoms with Crippen LogP contribution in [0.5, 0.6) is 0 Å². The Morgan fingerprint density at radius 1 is 1.31 bits per heavy atom. The number of hydrogen-bond donors (Lipinski definition) is 2. The van der Waals surface area contributed by atoms with E-state index in [-0.39, 0.29) is 12.0 Å². The molecule has 0 spiro atoms. The van der Waals surface area contributed by atoms with Gasteiger partial charge >= 0.3 is 11.9 Å². The van der Waals surface area contributed by atoms with Gasteiger partial charge in [0.15, 0.2) is 0 Å². The van der Waals surface area contributed by atoms with Crippen LogP contribution >= 0.6 is 0 Å². The van der Waals surface area contributed by atoms with Crippen LogP contribution in [0.3, 0.4) is 0 Å². The van der Waals surface area contributed by atoms with Gasteiger partial charge in [0, 0.05) is 5.56 Å². The molecule has 1 aromatic carbocycles. The lowest BCUT2D eigenvalue weighted by Crippen LogP contribution is -1.99. The van der Waals surface area contributed by atoms with Crippen LogP contribution in [0.15, 0.2) is 18.2 Å². The first-order chi connectivity index (χ1) is 7.50. The molecule has 0 aliphatic heterocycles. The summed E-state index contributed by atoms with van der Waals surface area (Å²) in [6.07, 6.45) is -0.254. The molecule has 4 heteroatoms. The first kappa shape index (κ1) is 11.8. The average Bonchev–Trinajstić information content (AvgIpc) is 2.19. The van der Waals surface area contributed by atoms with Crippen molar-refractivity contribution in [3.05, 3.63) is 34.9 Å². The largest absolute Gasteiger partial charge is 0.481 e. The summed E-state index contributed by atoms with van der Waals surface area (Å²) in [4.78, 5) is 21.0. The molecule has 0 aliphatic carbocycles. The van der Waals surface area contributed by atoms with Gasteiger partial charge in [-0.05, 0) is 24.6 Å². The summed E-state index contributed by atoms with van der Waals surface area (Å²) < 4.78 is 0. The van der Waals surface area contributed by atoms with Gasteiger partial charge in [0.1, 0.15) is 6.42 Å². The van der Waals surface area contributed by atoms with E-state index in [9.17, 15) is 9.59 Å². The fraction of sp³-hybridized carbons (Fsp3) is 0.167. The van der Waals surface area contributed by atoms with Gasteiger partial charge in [0.2, 0.25) is 0 Å². The molecule has 0 amide bonds. The number of benzene rings is 1. The number of aryl methyl sites for hydroxylation is 1. The van der Waals surface area contributed by atoms with Gasteiger partial charge < -0.3 is 10.2 Å². The maximum absolute atomic E-state index is 10.8. The highest BCUT2D eigenvalue weighted by Crippen LogP contribution is 2.10. The molecule has 0 aromatic heterocycles. The summed E-state index contributed by atoms with van der Waals surface area (Å²) in [5, 5.41) is 17.2. The smallest absolute Gasteiger partial charge is 0.335 e. The maximum atomic E-state index is 10.8. The van der Waals surface area contributed by atoms with Crippen molar-refractivity contribution in [1.82, 2.24) is 0 Å². The van der Waals surface area contributed by atoms with Crippen molar-refractivity contribution in [2.24, 2.45) is 0 Å². The van der Waals surface area contributed by atoms with Gasteiger partial charge in [-0.2, -0.15) is 0 Å². The summed E-state index contributed by atoms with van der Waals surface area (Å²) in [6.45, 7) is 1.69. The van der Waals surface area contributed by atoms with E-state index in [1.54, 1.807) is 19.1 Å². The number of aromatic carboxylic acids is 1. The van der Waals surface area contributed by atoms with Crippen molar-refractivity contribution >= 4 is 11.9 Å². The lowest BCUT2D eigenvalue weighted by atomic mass is 10.1. The number of aliphatic carboxylic acids is 1. The standard InChI is InChI=1S/C12H10O4/c1-8-5-6-9(3-2-4-11(13)14)7-10(8)12(15)16/h5-7H,4H2,1H3,(H,13,14)(H,15,16). The van der Waals surface area contributed by atoms with Gasteiger partial charge in [-0.1, -0.05) is 17.9 Å². The van der Waals surface area contributed by atoms with Crippen LogP contribution in [0.25, 0.3) is 0 Å². The lowest BCUT2D eigenvalue weighted by molar-refractivity contribution is -0.135. The Bertz CT molecular complexity index is 491. The molecule has 1 rings (SSSR count). The molecule has 0 aliphatic rings. The van der Waals surface area contributed by atoms with Gasteiger partial charge in [0.05, 0.1) is 5.56 Å². The Balaban J connectivity index is 2.98. The van der Waals surface area contributed by atoms with Crippen molar-refractivity contribution in [2.45, 2.75) is 13.3 Å². The highest BCUT2D eigenvalue weighted by molar-refractivity contribution is 5.89. The third-order valence-corrected chi connectivity index (χ3v) is 1.94. The zero-order valence-electron chi connectivity index (χ0n) is 8.65. The molecule has 0 unspecified atom stereocenters. The van der Waals surface area contributed by atoms with E-state index < -0.39 is 11.9 Å². The molecule has 1 aromatic rings. The third kappa shape index (κ3) is 3.14. The van der Waals surface area contributed by atoms with Gasteiger partial charge in [-0.25, -0.2) is 4.79 Å². The molecule has 16 heavy (non-hydrogen) atoms. The van der Waals surface area contributed by atoms with Crippen LogP contribution in [0, 0.1) is 18.8 Å². The lowest BCUT2D eigenvalue weighted by Gasteiger charge is -2.00. The number of carboxylic acid groups (broad SMARTS) is 2. The minimum atomic E-state index is -1.01. The number of rotatable bonds is 2. The van der Waals surface area contributed by atoms with Gasteiger partial charge in [0.25, 0.3) is 0 Å². The first-order valence-electron chi connectivity index (χ1n) is 4.55. The average molecular weight is 218 g/mol. The van der Waals surface area contributed by atoms with E-state index in [0.717, 1.165) is 0 Å². The van der Waals surface area contributed by atoms with Crippen molar-refractivity contribution in [1.29, 1.82) is 0 Å². The normalized spacial score (nSPS) is 9.06. The minimum absolute atomic E-state index is 0.183. The maximum Gasteiger partial charge on any atom is 0.335 e. The number of hydrogen-bond acceptors (Lipinski definition) is 2. The summed E-state index contributed by atoms with van der Waals surface area (Å²) in [6, 6.07) is 4.75. The fourth-order valence-electron chi connectivity index (χ4n) is 1.15. The second kappa shape index (κ2) is 4.99. The topological polar surface area (TPSA) is 74.6 Å². The molecular formula is C12H10O4. The van der Waals surface area contributed by atoms with E-state index in [2.05, 4.69) is 11.8 Å². The predicted molar refractivity (Wildman–Crippen MR) is 57.3 cm³/mol. The SMILES string of the molecule is Cc1ccc(C#CCC(=O)O)cc1C(=O)O. The molecule has 82 valence electrons. The molecule has 0 radical (unpaired) electrons. The highest BCUT2D eigenvalue weighted by atomic mass is 16.4. The van der Waals surface area contributed by atoms with E-state index >= 15 is 0 Å². The Labute approximate surface area is 92.5 Å². The van der Waals surface area contributed by atoms with Crippen LogP contribution in [-0.4, -0.2) is 22.2 Å². The van der Waals surface area contributed by atoms with Crippen LogP contribution in [0.2, 0.25) is 0 Å². The van der Waals surface area contributed by atoms with E-state index in [0.29, 0.717) is 11.1 Å². The summed E-state index contributed by atoms with van der Waals surface area (Å²) >= 11 is 0. The Morgan fingerprint density at radius 3 is 2.56 bits per heavy atom. The fourth-order valence-corrected chi connectivity index (χ4v) is 1.15. The van der Waals surface area contributed by atoms with Gasteiger partial charge in [-0.3, -0.25) is 4.79 Å². The molecule has 0 saturated heterocycles. The van der Waals surface area contributed by atoms with Crippen LogP contribution in [0.4, 0.5) is 0 Å². The van der Waals surface area contributed by atoms with Crippen molar-refractivity contribution in [3.63, 3.8) is 0 Å². The Hall–Kier alpha value is -2.28.